The molecule has 0 radical (unpaired) electrons. The molecule has 3 rings (SSSR count). The molecule has 0 bridgehead atoms. The summed E-state index contributed by atoms with van der Waals surface area (Å²) in [7, 11) is 0. The molecule has 3 nitrogen and oxygen atoms in total. The second-order valence-corrected chi connectivity index (χ2v) is 5.95. The van der Waals surface area contributed by atoms with Crippen molar-refractivity contribution < 1.29 is 9.53 Å². The van der Waals surface area contributed by atoms with Crippen LogP contribution in [0.15, 0.2) is 36.4 Å². The van der Waals surface area contributed by atoms with Gasteiger partial charge in [0.05, 0.1) is 12.2 Å². The van der Waals surface area contributed by atoms with Gasteiger partial charge in [0.1, 0.15) is 11.4 Å². The van der Waals surface area contributed by atoms with E-state index in [1.54, 1.807) is 6.08 Å². The topological polar surface area (TPSA) is 29.5 Å². The second kappa shape index (κ2) is 4.41. The van der Waals surface area contributed by atoms with Gasteiger partial charge in [0.15, 0.2) is 0 Å². The van der Waals surface area contributed by atoms with Crippen molar-refractivity contribution >= 4 is 11.6 Å². The van der Waals surface area contributed by atoms with Crippen LogP contribution in [0.2, 0.25) is 0 Å². The minimum Gasteiger partial charge on any atom is -0.484 e. The molecule has 0 atom stereocenters. The van der Waals surface area contributed by atoms with Gasteiger partial charge in [0.25, 0.3) is 5.91 Å². The number of benzene rings is 1. The van der Waals surface area contributed by atoms with Crippen LogP contribution in [-0.2, 0) is 4.79 Å². The zero-order chi connectivity index (χ0) is 13.5. The number of nitrogens with zero attached hydrogens (tertiary/aromatic N) is 1. The van der Waals surface area contributed by atoms with E-state index in [0.29, 0.717) is 12.5 Å². The number of allylic oxidation sites excluding steroid dienone is 1. The SMILES string of the molecule is CC1(C)CN(C(=O)/C=C/C2CC2)c2ccccc2O1. The van der Waals surface area contributed by atoms with Gasteiger partial charge in [-0.2, -0.15) is 0 Å². The molecule has 1 amide bonds. The lowest BCUT2D eigenvalue weighted by Gasteiger charge is -2.39. The molecule has 0 spiro atoms. The van der Waals surface area contributed by atoms with E-state index < -0.39 is 0 Å². The van der Waals surface area contributed by atoms with Gasteiger partial charge in [-0.05, 0) is 50.8 Å². The molecular weight excluding hydrogens is 238 g/mol. The number of anilines is 1. The number of amides is 1. The lowest BCUT2D eigenvalue weighted by molar-refractivity contribution is -0.115. The summed E-state index contributed by atoms with van der Waals surface area (Å²) in [5, 5.41) is 0. The van der Waals surface area contributed by atoms with Gasteiger partial charge in [-0.1, -0.05) is 18.2 Å². The van der Waals surface area contributed by atoms with E-state index >= 15 is 0 Å². The largest absolute Gasteiger partial charge is 0.484 e. The van der Waals surface area contributed by atoms with E-state index in [4.69, 9.17) is 4.74 Å². The molecule has 1 saturated carbocycles. The van der Waals surface area contributed by atoms with Gasteiger partial charge >= 0.3 is 0 Å². The summed E-state index contributed by atoms with van der Waals surface area (Å²) in [6.07, 6.45) is 6.19. The van der Waals surface area contributed by atoms with Crippen molar-refractivity contribution in [1.29, 1.82) is 0 Å². The van der Waals surface area contributed by atoms with Crippen molar-refractivity contribution in [1.82, 2.24) is 0 Å². The first kappa shape index (κ1) is 12.3. The molecule has 3 heteroatoms. The van der Waals surface area contributed by atoms with Crippen LogP contribution >= 0.6 is 0 Å². The maximum absolute atomic E-state index is 12.4. The molecule has 1 aliphatic heterocycles. The number of carbonyl (C=O) groups is 1. The minimum absolute atomic E-state index is 0.0516. The number of hydrogen-bond donors (Lipinski definition) is 0. The van der Waals surface area contributed by atoms with E-state index in [1.165, 1.54) is 12.8 Å². The standard InChI is InChI=1S/C16H19NO2/c1-16(2)11-17(15(18)10-9-12-7-8-12)13-5-3-4-6-14(13)19-16/h3-6,9-10,12H,7-8,11H2,1-2H3/b10-9+. The third-order valence-corrected chi connectivity index (χ3v) is 3.48. The Morgan fingerprint density at radius 1 is 1.37 bits per heavy atom. The van der Waals surface area contributed by atoms with Crippen LogP contribution in [0.1, 0.15) is 26.7 Å². The van der Waals surface area contributed by atoms with Gasteiger partial charge in [0, 0.05) is 0 Å². The number of fused-ring (bicyclic) bond motifs is 1. The summed E-state index contributed by atoms with van der Waals surface area (Å²) in [6, 6.07) is 7.73. The number of carbonyl (C=O) groups excluding carboxylic acids is 1. The van der Waals surface area contributed by atoms with E-state index in [1.807, 2.05) is 49.1 Å². The first-order valence-electron chi connectivity index (χ1n) is 6.83. The summed E-state index contributed by atoms with van der Waals surface area (Å²) < 4.78 is 5.92. The third kappa shape index (κ3) is 2.65. The van der Waals surface area contributed by atoms with Crippen LogP contribution in [-0.4, -0.2) is 18.1 Å². The van der Waals surface area contributed by atoms with Crippen LogP contribution in [0.25, 0.3) is 0 Å². The van der Waals surface area contributed by atoms with Crippen molar-refractivity contribution in [2.75, 3.05) is 11.4 Å². The number of para-hydroxylation sites is 2. The van der Waals surface area contributed by atoms with E-state index in [2.05, 4.69) is 0 Å². The molecule has 0 aromatic heterocycles. The van der Waals surface area contributed by atoms with Gasteiger partial charge in [0.2, 0.25) is 0 Å². The van der Waals surface area contributed by atoms with Crippen LogP contribution in [0.4, 0.5) is 5.69 Å². The number of hydrogen-bond acceptors (Lipinski definition) is 2. The van der Waals surface area contributed by atoms with Crippen LogP contribution < -0.4 is 9.64 Å². The zero-order valence-electron chi connectivity index (χ0n) is 11.4. The quantitative estimate of drug-likeness (QED) is 0.762. The number of rotatable bonds is 2. The average Bonchev–Trinajstić information content (AvgIpc) is 3.18. The van der Waals surface area contributed by atoms with Crippen LogP contribution in [0, 0.1) is 5.92 Å². The smallest absolute Gasteiger partial charge is 0.250 e. The summed E-state index contributed by atoms with van der Waals surface area (Å²) in [4.78, 5) is 14.2. The van der Waals surface area contributed by atoms with Gasteiger partial charge in [-0.15, -0.1) is 0 Å². The highest BCUT2D eigenvalue weighted by molar-refractivity contribution is 6.02. The van der Waals surface area contributed by atoms with Gasteiger partial charge < -0.3 is 9.64 Å². The highest BCUT2D eigenvalue weighted by atomic mass is 16.5. The lowest BCUT2D eigenvalue weighted by atomic mass is 10.0. The lowest BCUT2D eigenvalue weighted by Crippen LogP contribution is -2.48. The average molecular weight is 257 g/mol. The molecule has 1 aliphatic carbocycles. The maximum Gasteiger partial charge on any atom is 0.250 e. The van der Waals surface area contributed by atoms with Crippen molar-refractivity contribution in [3.63, 3.8) is 0 Å². The van der Waals surface area contributed by atoms with Crippen molar-refractivity contribution in [3.8, 4) is 5.75 Å². The fourth-order valence-electron chi connectivity index (χ4n) is 2.36. The predicted octanol–water partition coefficient (Wildman–Crippen LogP) is 3.16. The first-order chi connectivity index (χ1) is 9.05. The first-order valence-corrected chi connectivity index (χ1v) is 6.83. The molecule has 0 saturated heterocycles. The fraction of sp³-hybridized carbons (Fsp3) is 0.438. The third-order valence-electron chi connectivity index (χ3n) is 3.48. The van der Waals surface area contributed by atoms with Crippen molar-refractivity contribution in [2.45, 2.75) is 32.3 Å². The van der Waals surface area contributed by atoms with Crippen molar-refractivity contribution in [3.05, 3.63) is 36.4 Å². The molecule has 1 heterocycles. The van der Waals surface area contributed by atoms with Crippen LogP contribution in [0.5, 0.6) is 5.75 Å². The summed E-state index contributed by atoms with van der Waals surface area (Å²) in [5.41, 5.74) is 0.518. The maximum atomic E-state index is 12.4. The normalized spacial score (nSPS) is 21.1. The predicted molar refractivity (Wildman–Crippen MR) is 75.4 cm³/mol. The van der Waals surface area contributed by atoms with Gasteiger partial charge in [-0.25, -0.2) is 0 Å². The monoisotopic (exact) mass is 257 g/mol. The van der Waals surface area contributed by atoms with E-state index in [0.717, 1.165) is 11.4 Å². The minimum atomic E-state index is -0.350. The Morgan fingerprint density at radius 2 is 2.11 bits per heavy atom. The Labute approximate surface area is 113 Å². The molecule has 1 aromatic rings. The fourth-order valence-corrected chi connectivity index (χ4v) is 2.36. The Kier molecular flexibility index (Phi) is 2.85. The Balaban J connectivity index is 1.89. The molecule has 100 valence electrons. The summed E-state index contributed by atoms with van der Waals surface area (Å²) in [5.74, 6) is 1.45. The Hall–Kier alpha value is -1.77. The molecule has 1 aromatic carbocycles. The number of ether oxygens (including phenoxy) is 1. The Morgan fingerprint density at radius 3 is 2.84 bits per heavy atom. The van der Waals surface area contributed by atoms with Gasteiger partial charge in [-0.3, -0.25) is 4.79 Å². The molecule has 0 N–H and O–H groups in total. The van der Waals surface area contributed by atoms with E-state index in [9.17, 15) is 4.79 Å². The van der Waals surface area contributed by atoms with E-state index in [-0.39, 0.29) is 11.5 Å². The zero-order valence-corrected chi connectivity index (χ0v) is 11.4. The molecule has 2 aliphatic rings. The molecular formula is C16H19NO2. The molecule has 19 heavy (non-hydrogen) atoms. The highest BCUT2D eigenvalue weighted by Crippen LogP contribution is 2.37. The summed E-state index contributed by atoms with van der Waals surface area (Å²) >= 11 is 0. The second-order valence-electron chi connectivity index (χ2n) is 5.95. The Bertz CT molecular complexity index is 529. The summed E-state index contributed by atoms with van der Waals surface area (Å²) in [6.45, 7) is 4.60. The van der Waals surface area contributed by atoms with Crippen molar-refractivity contribution in [2.24, 2.45) is 5.92 Å². The molecule has 1 fully saturated rings. The molecule has 0 unspecified atom stereocenters. The highest BCUT2D eigenvalue weighted by Gasteiger charge is 2.34. The van der Waals surface area contributed by atoms with Crippen LogP contribution in [0.3, 0.4) is 0 Å².